The van der Waals surface area contributed by atoms with E-state index in [4.69, 9.17) is 4.74 Å². The van der Waals surface area contributed by atoms with Crippen LogP contribution >= 0.6 is 0 Å². The third-order valence-corrected chi connectivity index (χ3v) is 4.87. The second-order valence-corrected chi connectivity index (χ2v) is 7.59. The van der Waals surface area contributed by atoms with Gasteiger partial charge in [-0.1, -0.05) is 71.6 Å². The molecule has 0 saturated heterocycles. The van der Waals surface area contributed by atoms with Gasteiger partial charge in [0.05, 0.1) is 6.61 Å². The standard InChI is InChI=1S/C24H40N2O2/c1-4-6-8-9-10-11-12-14-20-28-23-18-16-22(17-19-23)24(27)26-25-21(3)15-13-7-5-2/h16-19H,4-15,20H2,1-3H3,(H,26,27). The average Bonchev–Trinajstić information content (AvgIpc) is 2.71. The highest BCUT2D eigenvalue weighted by atomic mass is 16.5. The van der Waals surface area contributed by atoms with Crippen LogP contribution in [0.1, 0.15) is 108 Å². The predicted molar refractivity (Wildman–Crippen MR) is 119 cm³/mol. The maximum absolute atomic E-state index is 12.2. The van der Waals surface area contributed by atoms with Crippen LogP contribution in [-0.4, -0.2) is 18.2 Å². The minimum Gasteiger partial charge on any atom is -0.494 e. The van der Waals surface area contributed by atoms with Crippen molar-refractivity contribution in [2.45, 2.75) is 97.8 Å². The summed E-state index contributed by atoms with van der Waals surface area (Å²) in [6, 6.07) is 7.30. The van der Waals surface area contributed by atoms with Crippen LogP contribution in [0.3, 0.4) is 0 Å². The molecular formula is C24H40N2O2. The van der Waals surface area contributed by atoms with Crippen molar-refractivity contribution in [2.75, 3.05) is 6.61 Å². The monoisotopic (exact) mass is 388 g/mol. The second-order valence-electron chi connectivity index (χ2n) is 7.59. The molecule has 158 valence electrons. The first-order valence-electron chi connectivity index (χ1n) is 11.2. The van der Waals surface area contributed by atoms with Gasteiger partial charge in [-0.2, -0.15) is 5.10 Å². The number of benzene rings is 1. The lowest BCUT2D eigenvalue weighted by Crippen LogP contribution is -2.19. The molecular weight excluding hydrogens is 348 g/mol. The van der Waals surface area contributed by atoms with E-state index >= 15 is 0 Å². The summed E-state index contributed by atoms with van der Waals surface area (Å²) >= 11 is 0. The molecule has 1 N–H and O–H groups in total. The topological polar surface area (TPSA) is 50.7 Å². The van der Waals surface area contributed by atoms with Gasteiger partial charge in [0.2, 0.25) is 0 Å². The largest absolute Gasteiger partial charge is 0.494 e. The third kappa shape index (κ3) is 11.8. The van der Waals surface area contributed by atoms with Gasteiger partial charge in [-0.3, -0.25) is 4.79 Å². The Morgan fingerprint density at radius 3 is 2.07 bits per heavy atom. The zero-order chi connectivity index (χ0) is 20.5. The first-order chi connectivity index (χ1) is 13.7. The van der Waals surface area contributed by atoms with Gasteiger partial charge in [0.25, 0.3) is 5.91 Å². The summed E-state index contributed by atoms with van der Waals surface area (Å²) in [5.74, 6) is 0.642. The minimum absolute atomic E-state index is 0.176. The Morgan fingerprint density at radius 2 is 1.43 bits per heavy atom. The van der Waals surface area contributed by atoms with Gasteiger partial charge >= 0.3 is 0 Å². The van der Waals surface area contributed by atoms with Crippen molar-refractivity contribution in [1.82, 2.24) is 5.43 Å². The van der Waals surface area contributed by atoms with Crippen molar-refractivity contribution in [2.24, 2.45) is 5.10 Å². The van der Waals surface area contributed by atoms with Gasteiger partial charge in [0.15, 0.2) is 0 Å². The molecule has 1 rings (SSSR count). The van der Waals surface area contributed by atoms with Gasteiger partial charge in [0.1, 0.15) is 5.75 Å². The number of rotatable bonds is 16. The number of carbonyl (C=O) groups excluding carboxylic acids is 1. The highest BCUT2D eigenvalue weighted by Crippen LogP contribution is 2.14. The molecule has 0 aliphatic carbocycles. The molecule has 0 heterocycles. The van der Waals surface area contributed by atoms with E-state index in [9.17, 15) is 4.79 Å². The fraction of sp³-hybridized carbons (Fsp3) is 0.667. The fourth-order valence-corrected chi connectivity index (χ4v) is 3.03. The normalized spacial score (nSPS) is 11.5. The molecule has 0 aliphatic rings. The molecule has 0 saturated carbocycles. The summed E-state index contributed by atoms with van der Waals surface area (Å²) in [6.07, 6.45) is 14.8. The van der Waals surface area contributed by atoms with Crippen LogP contribution < -0.4 is 10.2 Å². The van der Waals surface area contributed by atoms with Gasteiger partial charge < -0.3 is 4.74 Å². The number of nitrogens with one attached hydrogen (secondary N) is 1. The first kappa shape index (κ1) is 24.2. The quantitative estimate of drug-likeness (QED) is 0.190. The fourth-order valence-electron chi connectivity index (χ4n) is 3.03. The molecule has 0 bridgehead atoms. The second kappa shape index (κ2) is 16.1. The maximum atomic E-state index is 12.2. The van der Waals surface area contributed by atoms with E-state index < -0.39 is 0 Å². The van der Waals surface area contributed by atoms with Crippen LogP contribution in [0, 0.1) is 0 Å². The Bertz CT molecular complexity index is 552. The lowest BCUT2D eigenvalue weighted by Gasteiger charge is -2.07. The lowest BCUT2D eigenvalue weighted by molar-refractivity contribution is 0.0954. The number of hydrogen-bond acceptors (Lipinski definition) is 3. The number of carbonyl (C=O) groups is 1. The molecule has 1 aromatic carbocycles. The van der Waals surface area contributed by atoms with Crippen molar-refractivity contribution < 1.29 is 9.53 Å². The van der Waals surface area contributed by atoms with Crippen LogP contribution in [-0.2, 0) is 0 Å². The summed E-state index contributed by atoms with van der Waals surface area (Å²) < 4.78 is 5.78. The van der Waals surface area contributed by atoms with Crippen molar-refractivity contribution in [3.05, 3.63) is 29.8 Å². The van der Waals surface area contributed by atoms with Gasteiger partial charge in [0, 0.05) is 11.3 Å². The molecule has 0 spiro atoms. The van der Waals surface area contributed by atoms with Crippen LogP contribution in [0.2, 0.25) is 0 Å². The Morgan fingerprint density at radius 1 is 0.857 bits per heavy atom. The summed E-state index contributed by atoms with van der Waals surface area (Å²) in [4.78, 5) is 12.2. The van der Waals surface area contributed by atoms with E-state index in [2.05, 4.69) is 24.4 Å². The first-order valence-corrected chi connectivity index (χ1v) is 11.2. The molecule has 0 fully saturated rings. The summed E-state index contributed by atoms with van der Waals surface area (Å²) in [5.41, 5.74) is 4.20. The highest BCUT2D eigenvalue weighted by molar-refractivity contribution is 5.95. The Hall–Kier alpha value is -1.84. The predicted octanol–water partition coefficient (Wildman–Crippen LogP) is 6.89. The summed E-state index contributed by atoms with van der Waals surface area (Å²) in [7, 11) is 0. The number of hydrazone groups is 1. The average molecular weight is 389 g/mol. The van der Waals surface area contributed by atoms with E-state index in [1.165, 1.54) is 57.8 Å². The Labute approximate surface area is 172 Å². The van der Waals surface area contributed by atoms with Crippen molar-refractivity contribution in [3.63, 3.8) is 0 Å². The van der Waals surface area contributed by atoms with Gasteiger partial charge in [-0.15, -0.1) is 0 Å². The molecule has 4 nitrogen and oxygen atoms in total. The van der Waals surface area contributed by atoms with Crippen molar-refractivity contribution in [3.8, 4) is 5.75 Å². The zero-order valence-corrected chi connectivity index (χ0v) is 18.3. The van der Waals surface area contributed by atoms with Crippen molar-refractivity contribution >= 4 is 11.6 Å². The molecule has 0 radical (unpaired) electrons. The van der Waals surface area contributed by atoms with Crippen LogP contribution in [0.15, 0.2) is 29.4 Å². The Kier molecular flexibility index (Phi) is 14.0. The SMILES string of the molecule is CCCCCCCCCCOc1ccc(C(=O)NN=C(C)CCCCC)cc1. The molecule has 4 heteroatoms. The van der Waals surface area contributed by atoms with E-state index in [0.29, 0.717) is 5.56 Å². The molecule has 0 aliphatic heterocycles. The number of unbranched alkanes of at least 4 members (excludes halogenated alkanes) is 9. The summed E-state index contributed by atoms with van der Waals surface area (Å²) in [6.45, 7) is 7.12. The molecule has 0 atom stereocenters. The molecule has 1 aromatic rings. The highest BCUT2D eigenvalue weighted by Gasteiger charge is 2.05. The third-order valence-electron chi connectivity index (χ3n) is 4.87. The zero-order valence-electron chi connectivity index (χ0n) is 18.3. The Balaban J connectivity index is 2.20. The van der Waals surface area contributed by atoms with Crippen LogP contribution in [0.25, 0.3) is 0 Å². The number of amides is 1. The van der Waals surface area contributed by atoms with E-state index in [-0.39, 0.29) is 5.91 Å². The molecule has 0 unspecified atom stereocenters. The molecule has 0 aromatic heterocycles. The van der Waals surface area contributed by atoms with E-state index in [1.54, 1.807) is 12.1 Å². The van der Waals surface area contributed by atoms with Crippen LogP contribution in [0.5, 0.6) is 5.75 Å². The van der Waals surface area contributed by atoms with Crippen LogP contribution in [0.4, 0.5) is 0 Å². The number of nitrogens with zero attached hydrogens (tertiary/aromatic N) is 1. The van der Waals surface area contributed by atoms with E-state index in [0.717, 1.165) is 37.3 Å². The summed E-state index contributed by atoms with van der Waals surface area (Å²) in [5, 5.41) is 4.18. The van der Waals surface area contributed by atoms with Crippen molar-refractivity contribution in [1.29, 1.82) is 0 Å². The molecule has 1 amide bonds. The minimum atomic E-state index is -0.176. The maximum Gasteiger partial charge on any atom is 0.271 e. The van der Waals surface area contributed by atoms with E-state index in [1.807, 2.05) is 19.1 Å². The smallest absolute Gasteiger partial charge is 0.271 e. The number of hydrogen-bond donors (Lipinski definition) is 1. The molecule has 28 heavy (non-hydrogen) atoms. The lowest BCUT2D eigenvalue weighted by atomic mass is 10.1. The number of ether oxygens (including phenoxy) is 1. The van der Waals surface area contributed by atoms with Gasteiger partial charge in [-0.25, -0.2) is 5.43 Å². The van der Waals surface area contributed by atoms with Gasteiger partial charge in [-0.05, 0) is 50.5 Å².